The number of carbonyl (C=O) groups excluding carboxylic acids is 2. The number of carbonyl (C=O) groups is 2. The van der Waals surface area contributed by atoms with E-state index in [0.29, 0.717) is 0 Å². The number of hydrogen-bond acceptors (Lipinski definition) is 2. The second-order valence-corrected chi connectivity index (χ2v) is 7.12. The van der Waals surface area contributed by atoms with Crippen LogP contribution < -0.4 is 0 Å². The van der Waals surface area contributed by atoms with Crippen molar-refractivity contribution in [2.75, 3.05) is 0 Å². The molecule has 0 saturated carbocycles. The van der Waals surface area contributed by atoms with Gasteiger partial charge in [0.2, 0.25) is 0 Å². The molecule has 0 aliphatic heterocycles. The number of rotatable bonds is 0. The van der Waals surface area contributed by atoms with Gasteiger partial charge in [-0.25, -0.2) is 0 Å². The van der Waals surface area contributed by atoms with Crippen molar-refractivity contribution >= 4 is 11.6 Å². The Morgan fingerprint density at radius 3 is 1.95 bits per heavy atom. The van der Waals surface area contributed by atoms with Gasteiger partial charge < -0.3 is 0 Å². The molecule has 106 valence electrons. The Bertz CT molecular complexity index is 411. The molecule has 0 aromatic heterocycles. The van der Waals surface area contributed by atoms with Crippen molar-refractivity contribution in [3.05, 3.63) is 24.3 Å². The van der Waals surface area contributed by atoms with Crippen molar-refractivity contribution in [3.63, 3.8) is 0 Å². The van der Waals surface area contributed by atoms with Crippen LogP contribution in [0.25, 0.3) is 0 Å². The van der Waals surface area contributed by atoms with E-state index in [0.717, 1.165) is 19.3 Å². The molecular weight excluding hydrogens is 236 g/mol. The van der Waals surface area contributed by atoms with E-state index in [2.05, 4.69) is 27.7 Å². The third-order valence-corrected chi connectivity index (χ3v) is 3.75. The van der Waals surface area contributed by atoms with Crippen molar-refractivity contribution < 1.29 is 9.59 Å². The predicted octanol–water partition coefficient (Wildman–Crippen LogP) is 4.11. The van der Waals surface area contributed by atoms with Crippen molar-refractivity contribution in [2.24, 2.45) is 16.7 Å². The number of ketones is 2. The van der Waals surface area contributed by atoms with E-state index in [9.17, 15) is 9.59 Å². The molecule has 2 heteroatoms. The Morgan fingerprint density at radius 1 is 1.00 bits per heavy atom. The van der Waals surface area contributed by atoms with Crippen molar-refractivity contribution in [2.45, 2.75) is 53.9 Å². The molecule has 0 bridgehead atoms. The summed E-state index contributed by atoms with van der Waals surface area (Å²) in [5, 5.41) is 0. The maximum atomic E-state index is 11.0. The van der Waals surface area contributed by atoms with Crippen LogP contribution in [0, 0.1) is 16.7 Å². The fourth-order valence-corrected chi connectivity index (χ4v) is 2.36. The lowest BCUT2D eigenvalue weighted by atomic mass is 9.77. The van der Waals surface area contributed by atoms with Gasteiger partial charge in [0.1, 0.15) is 0 Å². The van der Waals surface area contributed by atoms with Crippen LogP contribution in [0.1, 0.15) is 53.9 Å². The first-order chi connectivity index (χ1) is 8.61. The molecule has 0 fully saturated rings. The molecule has 2 aliphatic rings. The molecule has 0 aromatic rings. The summed E-state index contributed by atoms with van der Waals surface area (Å²) in [7, 11) is 0. The van der Waals surface area contributed by atoms with Gasteiger partial charge >= 0.3 is 0 Å². The summed E-state index contributed by atoms with van der Waals surface area (Å²) < 4.78 is 0. The average Bonchev–Trinajstić information content (AvgIpc) is 2.29. The number of hydrogen-bond donors (Lipinski definition) is 0. The molecule has 0 heterocycles. The zero-order valence-electron chi connectivity index (χ0n) is 12.8. The van der Waals surface area contributed by atoms with Gasteiger partial charge in [0.25, 0.3) is 0 Å². The van der Waals surface area contributed by atoms with Crippen LogP contribution in [0.4, 0.5) is 0 Å². The molecule has 2 rings (SSSR count). The largest absolute Gasteiger partial charge is 0.295 e. The van der Waals surface area contributed by atoms with E-state index in [-0.39, 0.29) is 28.3 Å². The van der Waals surface area contributed by atoms with Gasteiger partial charge in [0.15, 0.2) is 11.6 Å². The molecule has 0 saturated heterocycles. The number of allylic oxidation sites excluding steroid dienone is 4. The second kappa shape index (κ2) is 5.85. The van der Waals surface area contributed by atoms with Gasteiger partial charge in [0.05, 0.1) is 0 Å². The third kappa shape index (κ3) is 5.54. The predicted molar refractivity (Wildman–Crippen MR) is 78.9 cm³/mol. The van der Waals surface area contributed by atoms with E-state index in [1.807, 2.05) is 19.1 Å². The lowest BCUT2D eigenvalue weighted by molar-refractivity contribution is -0.119. The Hall–Kier alpha value is -1.18. The van der Waals surface area contributed by atoms with Crippen LogP contribution in [-0.4, -0.2) is 11.6 Å². The standard InChI is InChI=1S/C9H14O.C8H12O/c1-7-6-9(2,3)5-4-8(7)10;1-8(2)5-3-7(9)4-6-8/h4-5,7H,6H2,1-3H3;3,5H,4,6H2,1-2H3/t7-;/m0./s1. The Labute approximate surface area is 117 Å². The highest BCUT2D eigenvalue weighted by atomic mass is 16.1. The minimum atomic E-state index is 0.222. The van der Waals surface area contributed by atoms with Gasteiger partial charge in [-0.15, -0.1) is 0 Å². The van der Waals surface area contributed by atoms with Gasteiger partial charge in [0, 0.05) is 12.3 Å². The van der Waals surface area contributed by atoms with Crippen LogP contribution in [0.3, 0.4) is 0 Å². The fraction of sp³-hybridized carbons (Fsp3) is 0.647. The monoisotopic (exact) mass is 262 g/mol. The molecule has 0 spiro atoms. The zero-order chi connectivity index (χ0) is 14.7. The molecule has 0 aromatic carbocycles. The van der Waals surface area contributed by atoms with E-state index < -0.39 is 0 Å². The van der Waals surface area contributed by atoms with E-state index in [4.69, 9.17) is 0 Å². The summed E-state index contributed by atoms with van der Waals surface area (Å²) in [5.41, 5.74) is 0.487. The third-order valence-electron chi connectivity index (χ3n) is 3.75. The van der Waals surface area contributed by atoms with Crippen molar-refractivity contribution in [1.82, 2.24) is 0 Å². The van der Waals surface area contributed by atoms with Gasteiger partial charge in [-0.1, -0.05) is 46.8 Å². The highest BCUT2D eigenvalue weighted by Gasteiger charge is 2.25. The average molecular weight is 262 g/mol. The smallest absolute Gasteiger partial charge is 0.158 e. The SMILES string of the molecule is CC1(C)C=CC(=O)CC1.C[C@H]1CC(C)(C)C=CC1=O. The lowest BCUT2D eigenvalue weighted by Gasteiger charge is -2.27. The summed E-state index contributed by atoms with van der Waals surface area (Å²) >= 11 is 0. The molecular formula is C17H26O2. The van der Waals surface area contributed by atoms with Crippen LogP contribution >= 0.6 is 0 Å². The molecule has 2 aliphatic carbocycles. The minimum absolute atomic E-state index is 0.222. The van der Waals surface area contributed by atoms with Crippen LogP contribution in [-0.2, 0) is 9.59 Å². The van der Waals surface area contributed by atoms with Gasteiger partial charge in [-0.3, -0.25) is 9.59 Å². The van der Waals surface area contributed by atoms with Gasteiger partial charge in [-0.2, -0.15) is 0 Å². The minimum Gasteiger partial charge on any atom is -0.295 e. The van der Waals surface area contributed by atoms with Gasteiger partial charge in [-0.05, 0) is 35.8 Å². The Kier molecular flexibility index (Phi) is 4.89. The topological polar surface area (TPSA) is 34.1 Å². The molecule has 0 amide bonds. The highest BCUT2D eigenvalue weighted by molar-refractivity contribution is 5.92. The zero-order valence-corrected chi connectivity index (χ0v) is 12.8. The second-order valence-electron chi connectivity index (χ2n) is 7.12. The summed E-state index contributed by atoms with van der Waals surface area (Å²) in [5.74, 6) is 0.772. The summed E-state index contributed by atoms with van der Waals surface area (Å²) in [6.07, 6.45) is 10.1. The molecule has 2 nitrogen and oxygen atoms in total. The maximum Gasteiger partial charge on any atom is 0.158 e. The Balaban J connectivity index is 0.000000191. The lowest BCUT2D eigenvalue weighted by Crippen LogP contribution is -2.23. The van der Waals surface area contributed by atoms with E-state index >= 15 is 0 Å². The summed E-state index contributed by atoms with van der Waals surface area (Å²) in [6.45, 7) is 10.6. The van der Waals surface area contributed by atoms with E-state index in [1.165, 1.54) is 0 Å². The Morgan fingerprint density at radius 2 is 1.58 bits per heavy atom. The molecule has 0 unspecified atom stereocenters. The maximum absolute atomic E-state index is 11.0. The molecule has 1 atom stereocenters. The van der Waals surface area contributed by atoms with Crippen molar-refractivity contribution in [3.8, 4) is 0 Å². The fourth-order valence-electron chi connectivity index (χ4n) is 2.36. The van der Waals surface area contributed by atoms with Crippen LogP contribution in [0.2, 0.25) is 0 Å². The first kappa shape index (κ1) is 15.9. The quantitative estimate of drug-likeness (QED) is 0.658. The molecule has 0 N–H and O–H groups in total. The van der Waals surface area contributed by atoms with Crippen LogP contribution in [0.5, 0.6) is 0 Å². The molecule has 0 radical (unpaired) electrons. The normalized spacial score (nSPS) is 27.7. The summed E-state index contributed by atoms with van der Waals surface area (Å²) in [6, 6.07) is 0. The first-order valence-electron chi connectivity index (χ1n) is 7.06. The summed E-state index contributed by atoms with van der Waals surface area (Å²) in [4.78, 5) is 21.7. The van der Waals surface area contributed by atoms with Crippen molar-refractivity contribution in [1.29, 1.82) is 0 Å². The first-order valence-corrected chi connectivity index (χ1v) is 7.06. The highest BCUT2D eigenvalue weighted by Crippen LogP contribution is 2.31. The molecule has 19 heavy (non-hydrogen) atoms. The van der Waals surface area contributed by atoms with E-state index in [1.54, 1.807) is 12.2 Å². The van der Waals surface area contributed by atoms with Crippen LogP contribution in [0.15, 0.2) is 24.3 Å².